The van der Waals surface area contributed by atoms with Crippen LogP contribution in [0.4, 0.5) is 0 Å². The third-order valence-corrected chi connectivity index (χ3v) is 7.13. The van der Waals surface area contributed by atoms with E-state index in [1.807, 2.05) is 0 Å². The molecule has 4 atom stereocenters. The van der Waals surface area contributed by atoms with Gasteiger partial charge in [-0.2, -0.15) is 11.8 Å². The number of thioether (sulfide) groups is 1. The minimum atomic E-state index is 0.404. The van der Waals surface area contributed by atoms with Crippen LogP contribution in [0.5, 0.6) is 0 Å². The highest BCUT2D eigenvalue weighted by atomic mass is 32.2. The SMILES string of the molecule is CCSC1CCC(N2CC(C)(C3CC3)NCC2CC)C1. The zero-order chi connectivity index (χ0) is 14.2. The molecule has 3 fully saturated rings. The van der Waals surface area contributed by atoms with Crippen LogP contribution in [0.1, 0.15) is 59.3 Å². The maximum Gasteiger partial charge on any atom is 0.0309 e. The maximum absolute atomic E-state index is 3.90. The molecular weight excluding hydrogens is 264 g/mol. The Bertz CT molecular complexity index is 331. The lowest BCUT2D eigenvalue weighted by Gasteiger charge is -2.49. The van der Waals surface area contributed by atoms with E-state index in [-0.39, 0.29) is 0 Å². The van der Waals surface area contributed by atoms with Crippen molar-refractivity contribution in [3.8, 4) is 0 Å². The average Bonchev–Trinajstić information content (AvgIpc) is 3.21. The Kier molecular flexibility index (Phi) is 4.69. The number of nitrogens with one attached hydrogen (secondary N) is 1. The van der Waals surface area contributed by atoms with Crippen molar-refractivity contribution in [2.45, 2.75) is 82.2 Å². The number of hydrogen-bond donors (Lipinski definition) is 1. The molecule has 1 aliphatic heterocycles. The lowest BCUT2D eigenvalue weighted by atomic mass is 9.89. The van der Waals surface area contributed by atoms with Crippen molar-refractivity contribution in [3.63, 3.8) is 0 Å². The second-order valence-corrected chi connectivity index (χ2v) is 8.93. The van der Waals surface area contributed by atoms with Gasteiger partial charge in [-0.15, -0.1) is 0 Å². The number of hydrogen-bond acceptors (Lipinski definition) is 3. The summed E-state index contributed by atoms with van der Waals surface area (Å²) >= 11 is 2.19. The molecule has 0 aromatic carbocycles. The molecule has 0 radical (unpaired) electrons. The lowest BCUT2D eigenvalue weighted by molar-refractivity contribution is 0.0387. The van der Waals surface area contributed by atoms with Crippen LogP contribution in [-0.2, 0) is 0 Å². The highest BCUT2D eigenvalue weighted by Crippen LogP contribution is 2.43. The molecule has 0 amide bonds. The van der Waals surface area contributed by atoms with Crippen molar-refractivity contribution in [1.82, 2.24) is 10.2 Å². The number of piperazine rings is 1. The summed E-state index contributed by atoms with van der Waals surface area (Å²) in [7, 11) is 0. The van der Waals surface area contributed by atoms with Crippen molar-refractivity contribution < 1.29 is 0 Å². The molecule has 20 heavy (non-hydrogen) atoms. The summed E-state index contributed by atoms with van der Waals surface area (Å²) in [6.07, 6.45) is 8.53. The zero-order valence-corrected chi connectivity index (χ0v) is 14.3. The Labute approximate surface area is 129 Å². The fraction of sp³-hybridized carbons (Fsp3) is 1.00. The van der Waals surface area contributed by atoms with Crippen LogP contribution in [0.2, 0.25) is 0 Å². The van der Waals surface area contributed by atoms with Crippen LogP contribution in [-0.4, -0.2) is 46.6 Å². The first kappa shape index (κ1) is 15.2. The normalized spacial score (nSPS) is 43.0. The van der Waals surface area contributed by atoms with E-state index in [4.69, 9.17) is 0 Å². The minimum Gasteiger partial charge on any atom is -0.308 e. The molecule has 3 aliphatic rings. The largest absolute Gasteiger partial charge is 0.308 e. The lowest BCUT2D eigenvalue weighted by Crippen LogP contribution is -2.65. The smallest absolute Gasteiger partial charge is 0.0309 e. The number of rotatable bonds is 5. The molecule has 116 valence electrons. The van der Waals surface area contributed by atoms with E-state index < -0.39 is 0 Å². The van der Waals surface area contributed by atoms with E-state index in [9.17, 15) is 0 Å². The summed E-state index contributed by atoms with van der Waals surface area (Å²) in [5.74, 6) is 2.24. The van der Waals surface area contributed by atoms with E-state index in [2.05, 4.69) is 42.7 Å². The van der Waals surface area contributed by atoms with Crippen LogP contribution in [0.15, 0.2) is 0 Å². The predicted octanol–water partition coefficient (Wildman–Crippen LogP) is 3.51. The molecule has 3 rings (SSSR count). The number of nitrogens with zero attached hydrogens (tertiary/aromatic N) is 1. The zero-order valence-electron chi connectivity index (χ0n) is 13.5. The summed E-state index contributed by atoms with van der Waals surface area (Å²) in [6.45, 7) is 9.67. The second-order valence-electron chi connectivity index (χ2n) is 7.35. The van der Waals surface area contributed by atoms with Gasteiger partial charge >= 0.3 is 0 Å². The monoisotopic (exact) mass is 296 g/mol. The van der Waals surface area contributed by atoms with Gasteiger partial charge in [0, 0.05) is 36.0 Å². The van der Waals surface area contributed by atoms with E-state index in [1.165, 1.54) is 57.4 Å². The minimum absolute atomic E-state index is 0.404. The van der Waals surface area contributed by atoms with Gasteiger partial charge in [-0.05, 0) is 57.1 Å². The van der Waals surface area contributed by atoms with Crippen LogP contribution in [0.3, 0.4) is 0 Å². The molecule has 3 heteroatoms. The molecular formula is C17H32N2S. The first-order chi connectivity index (χ1) is 9.66. The molecule has 0 spiro atoms. The van der Waals surface area contributed by atoms with Crippen LogP contribution in [0.25, 0.3) is 0 Å². The molecule has 2 nitrogen and oxygen atoms in total. The summed E-state index contributed by atoms with van der Waals surface area (Å²) in [4.78, 5) is 2.91. The summed E-state index contributed by atoms with van der Waals surface area (Å²) < 4.78 is 0. The van der Waals surface area contributed by atoms with Crippen LogP contribution < -0.4 is 5.32 Å². The summed E-state index contributed by atoms with van der Waals surface area (Å²) in [6, 6.07) is 1.64. The van der Waals surface area contributed by atoms with E-state index >= 15 is 0 Å². The molecule has 0 aromatic rings. The molecule has 2 saturated carbocycles. The van der Waals surface area contributed by atoms with Gasteiger partial charge in [0.25, 0.3) is 0 Å². The van der Waals surface area contributed by atoms with Crippen molar-refractivity contribution in [1.29, 1.82) is 0 Å². The molecule has 0 aromatic heterocycles. The molecule has 4 unspecified atom stereocenters. The van der Waals surface area contributed by atoms with Crippen molar-refractivity contribution in [2.24, 2.45) is 5.92 Å². The Morgan fingerprint density at radius 1 is 1.20 bits per heavy atom. The van der Waals surface area contributed by atoms with Gasteiger partial charge in [0.05, 0.1) is 0 Å². The topological polar surface area (TPSA) is 15.3 Å². The Morgan fingerprint density at radius 3 is 2.65 bits per heavy atom. The third-order valence-electron chi connectivity index (χ3n) is 5.90. The van der Waals surface area contributed by atoms with Gasteiger partial charge in [-0.25, -0.2) is 0 Å². The van der Waals surface area contributed by atoms with Crippen LogP contribution >= 0.6 is 11.8 Å². The molecule has 1 heterocycles. The fourth-order valence-electron chi connectivity index (χ4n) is 4.44. The average molecular weight is 297 g/mol. The molecule has 1 saturated heterocycles. The molecule has 1 N–H and O–H groups in total. The van der Waals surface area contributed by atoms with E-state index in [0.717, 1.165) is 23.3 Å². The van der Waals surface area contributed by atoms with Gasteiger partial charge in [0.15, 0.2) is 0 Å². The van der Waals surface area contributed by atoms with E-state index in [1.54, 1.807) is 0 Å². The first-order valence-electron chi connectivity index (χ1n) is 8.78. The second kappa shape index (κ2) is 6.18. The highest BCUT2D eigenvalue weighted by Gasteiger charge is 2.47. The van der Waals surface area contributed by atoms with Crippen LogP contribution in [0, 0.1) is 5.92 Å². The molecule has 0 bridgehead atoms. The fourth-order valence-corrected chi connectivity index (χ4v) is 5.57. The first-order valence-corrected chi connectivity index (χ1v) is 9.83. The van der Waals surface area contributed by atoms with Gasteiger partial charge in [0.1, 0.15) is 0 Å². The van der Waals surface area contributed by atoms with E-state index in [0.29, 0.717) is 5.54 Å². The molecule has 2 aliphatic carbocycles. The Hall–Kier alpha value is 0.270. The van der Waals surface area contributed by atoms with Gasteiger partial charge in [-0.1, -0.05) is 13.8 Å². The van der Waals surface area contributed by atoms with Gasteiger partial charge in [0.2, 0.25) is 0 Å². The maximum atomic E-state index is 3.90. The highest BCUT2D eigenvalue weighted by molar-refractivity contribution is 7.99. The Morgan fingerprint density at radius 2 is 2.00 bits per heavy atom. The summed E-state index contributed by atoms with van der Waals surface area (Å²) in [5, 5.41) is 4.84. The quantitative estimate of drug-likeness (QED) is 0.836. The predicted molar refractivity (Wildman–Crippen MR) is 89.5 cm³/mol. The van der Waals surface area contributed by atoms with Crippen molar-refractivity contribution in [2.75, 3.05) is 18.8 Å². The van der Waals surface area contributed by atoms with Crippen molar-refractivity contribution >= 4 is 11.8 Å². The summed E-state index contributed by atoms with van der Waals surface area (Å²) in [5.41, 5.74) is 0.404. The standard InChI is InChI=1S/C17H32N2S/c1-4-14-11-18-17(3,13-6-7-13)12-19(14)15-8-9-16(10-15)20-5-2/h13-16,18H,4-12H2,1-3H3. The van der Waals surface area contributed by atoms with Crippen molar-refractivity contribution in [3.05, 3.63) is 0 Å². The third kappa shape index (κ3) is 3.05. The van der Waals surface area contributed by atoms with Gasteiger partial charge in [-0.3, -0.25) is 4.90 Å². The Balaban J connectivity index is 1.65. The van der Waals surface area contributed by atoms with Gasteiger partial charge < -0.3 is 5.32 Å².